The van der Waals surface area contributed by atoms with Gasteiger partial charge in [-0.15, -0.1) is 0 Å². The van der Waals surface area contributed by atoms with Gasteiger partial charge < -0.3 is 41.7 Å². The molecule has 62 heavy (non-hydrogen) atoms. The van der Waals surface area contributed by atoms with Gasteiger partial charge in [-0.1, -0.05) is 65.4 Å². The number of Topliss-reactive ketones (excluding diaryl/α,β-unsaturated/α-hetero) is 1. The number of hydrogen-bond acceptors (Lipinski definition) is 11. The Morgan fingerprint density at radius 3 is 2.02 bits per heavy atom. The molecule has 0 spiro atoms. The quantitative estimate of drug-likeness (QED) is 0.0974. The predicted octanol–water partition coefficient (Wildman–Crippen LogP) is 2.49. The summed E-state index contributed by atoms with van der Waals surface area (Å²) < 4.78 is 4.86. The fraction of sp³-hybridized carbons (Fsp3) is 0.636. The van der Waals surface area contributed by atoms with Crippen molar-refractivity contribution in [2.45, 2.75) is 148 Å². The Morgan fingerprint density at radius 1 is 0.903 bits per heavy atom. The molecule has 6 amide bonds. The first kappa shape index (κ1) is 50.7. The molecular formula is C44H65N7O11. The molecule has 18 nitrogen and oxygen atoms in total. The van der Waals surface area contributed by atoms with Crippen molar-refractivity contribution in [2.75, 3.05) is 13.2 Å². The van der Waals surface area contributed by atoms with E-state index in [1.807, 2.05) is 0 Å². The predicted molar refractivity (Wildman–Crippen MR) is 227 cm³/mol. The maximum Gasteiger partial charge on any atom is 0.337 e. The highest BCUT2D eigenvalue weighted by Crippen LogP contribution is 2.30. The van der Waals surface area contributed by atoms with E-state index < -0.39 is 83.0 Å². The van der Waals surface area contributed by atoms with Gasteiger partial charge in [0.05, 0.1) is 18.7 Å². The Labute approximate surface area is 363 Å². The van der Waals surface area contributed by atoms with Crippen LogP contribution < -0.4 is 27.0 Å². The number of likely N-dealkylation sites (tertiary alicyclic amines) is 1. The molecule has 7 N–H and O–H groups in total. The van der Waals surface area contributed by atoms with E-state index >= 15 is 0 Å². The summed E-state index contributed by atoms with van der Waals surface area (Å²) in [6.45, 7) is 7.96. The number of nitrogens with zero attached hydrogens (tertiary/aromatic N) is 2. The zero-order valence-electron chi connectivity index (χ0n) is 36.6. The van der Waals surface area contributed by atoms with Crippen molar-refractivity contribution in [1.82, 2.24) is 31.2 Å². The summed E-state index contributed by atoms with van der Waals surface area (Å²) in [5.41, 5.74) is 5.09. The average Bonchev–Trinajstić information content (AvgIpc) is 3.63. The molecule has 1 aromatic rings. The van der Waals surface area contributed by atoms with Crippen LogP contribution in [0.1, 0.15) is 128 Å². The number of nitrogens with two attached hydrogens (primary N) is 1. The Kier molecular flexibility index (Phi) is 20.2. The number of rotatable bonds is 17. The number of carbonyl (C=O) groups excluding carboxylic acids is 8. The Balaban J connectivity index is 0.00000100. The Hall–Kier alpha value is -5.68. The normalized spacial score (nSPS) is 19.1. The van der Waals surface area contributed by atoms with Crippen LogP contribution in [0.5, 0.6) is 0 Å². The summed E-state index contributed by atoms with van der Waals surface area (Å²) in [6.07, 6.45) is 14.2. The molecule has 0 aromatic carbocycles. The summed E-state index contributed by atoms with van der Waals surface area (Å²) in [7, 11) is 0. The first-order valence-electron chi connectivity index (χ1n) is 21.6. The van der Waals surface area contributed by atoms with Crippen LogP contribution in [0.4, 0.5) is 0 Å². The molecule has 4 rings (SSSR count). The van der Waals surface area contributed by atoms with Crippen molar-refractivity contribution in [3.63, 3.8) is 0 Å². The summed E-state index contributed by atoms with van der Waals surface area (Å²) in [5.74, 6) is -5.74. The van der Waals surface area contributed by atoms with Crippen LogP contribution in [-0.2, 0) is 43.1 Å². The monoisotopic (exact) mass is 867 g/mol. The number of aromatic nitrogens is 1. The number of carbonyl (C=O) groups is 9. The molecule has 1 aliphatic heterocycles. The number of primary amides is 1. The van der Waals surface area contributed by atoms with Crippen LogP contribution in [0.2, 0.25) is 0 Å². The summed E-state index contributed by atoms with van der Waals surface area (Å²) in [6, 6.07) is -2.28. The lowest BCUT2D eigenvalue weighted by atomic mass is 9.81. The topological polar surface area (TPSA) is 273 Å². The number of carboxylic acids is 1. The molecule has 3 aliphatic rings. The molecule has 1 aromatic heterocycles. The first-order chi connectivity index (χ1) is 29.3. The van der Waals surface area contributed by atoms with Crippen LogP contribution in [-0.4, -0.2) is 112 Å². The number of aromatic carboxylic acids is 1. The van der Waals surface area contributed by atoms with E-state index in [-0.39, 0.29) is 55.6 Å². The lowest BCUT2D eigenvalue weighted by Crippen LogP contribution is -2.62. The molecule has 2 heterocycles. The van der Waals surface area contributed by atoms with Gasteiger partial charge in [0.2, 0.25) is 35.4 Å². The smallest absolute Gasteiger partial charge is 0.337 e. The van der Waals surface area contributed by atoms with Crippen LogP contribution >= 0.6 is 0 Å². The molecule has 18 heteroatoms. The second-order valence-electron chi connectivity index (χ2n) is 17.2. The van der Waals surface area contributed by atoms with Gasteiger partial charge >= 0.3 is 11.9 Å². The lowest BCUT2D eigenvalue weighted by molar-refractivity contribution is -0.145. The minimum atomic E-state index is -1.24. The fourth-order valence-corrected chi connectivity index (χ4v) is 8.10. The van der Waals surface area contributed by atoms with E-state index in [1.165, 1.54) is 37.5 Å². The van der Waals surface area contributed by atoms with Crippen molar-refractivity contribution in [3.8, 4) is 0 Å². The summed E-state index contributed by atoms with van der Waals surface area (Å²) in [5, 5.41) is 19.4. The van der Waals surface area contributed by atoms with E-state index in [1.54, 1.807) is 33.8 Å². The molecule has 0 radical (unpaired) electrons. The van der Waals surface area contributed by atoms with Gasteiger partial charge in [-0.3, -0.25) is 38.5 Å². The SMILES string of the molecule is CCOC(=O)/C=C/CC[C@H](NC(C)=O)C(=O)N[C@H](C(=O)N1CC(=O)C[C@H]1C(=O)N[C@H](C(=O)N[C@H](C(N)=O)C1CCCCC1)C1CCCCC1)C(C)(C)C.O=C(O)c1cccnc1. The van der Waals surface area contributed by atoms with E-state index in [4.69, 9.17) is 15.6 Å². The molecule has 0 bridgehead atoms. The zero-order valence-corrected chi connectivity index (χ0v) is 36.6. The molecular weight excluding hydrogens is 803 g/mol. The third-order valence-electron chi connectivity index (χ3n) is 11.3. The Morgan fingerprint density at radius 2 is 1.52 bits per heavy atom. The summed E-state index contributed by atoms with van der Waals surface area (Å²) >= 11 is 0. The van der Waals surface area contributed by atoms with Gasteiger partial charge in [0, 0.05) is 31.8 Å². The summed E-state index contributed by atoms with van der Waals surface area (Å²) in [4.78, 5) is 120. The fourth-order valence-electron chi connectivity index (χ4n) is 8.10. The lowest BCUT2D eigenvalue weighted by Gasteiger charge is -2.37. The van der Waals surface area contributed by atoms with Crippen molar-refractivity contribution >= 4 is 53.2 Å². The van der Waals surface area contributed by atoms with Gasteiger partial charge in [0.1, 0.15) is 30.2 Å². The third-order valence-corrected chi connectivity index (χ3v) is 11.3. The first-order valence-corrected chi connectivity index (χ1v) is 21.6. The largest absolute Gasteiger partial charge is 0.478 e. The molecule has 3 fully saturated rings. The number of pyridine rings is 1. The van der Waals surface area contributed by atoms with Crippen LogP contribution in [0, 0.1) is 17.3 Å². The van der Waals surface area contributed by atoms with Crippen molar-refractivity contribution < 1.29 is 53.0 Å². The van der Waals surface area contributed by atoms with E-state index in [0.29, 0.717) is 12.8 Å². The van der Waals surface area contributed by atoms with Gasteiger partial charge in [0.15, 0.2) is 5.78 Å². The second-order valence-corrected chi connectivity index (χ2v) is 17.2. The van der Waals surface area contributed by atoms with Gasteiger partial charge in [0.25, 0.3) is 0 Å². The van der Waals surface area contributed by atoms with Gasteiger partial charge in [-0.05, 0) is 74.8 Å². The number of nitrogens with one attached hydrogen (secondary N) is 4. The molecule has 0 unspecified atom stereocenters. The highest BCUT2D eigenvalue weighted by Gasteiger charge is 2.46. The number of ether oxygens (including phenoxy) is 1. The van der Waals surface area contributed by atoms with Crippen molar-refractivity contribution in [1.29, 1.82) is 0 Å². The maximum atomic E-state index is 14.2. The van der Waals surface area contributed by atoms with Crippen molar-refractivity contribution in [3.05, 3.63) is 42.2 Å². The van der Waals surface area contributed by atoms with E-state index in [0.717, 1.165) is 56.3 Å². The second kappa shape index (κ2) is 24.7. The average molecular weight is 868 g/mol. The van der Waals surface area contributed by atoms with E-state index in [2.05, 4.69) is 26.3 Å². The van der Waals surface area contributed by atoms with Crippen LogP contribution in [0.15, 0.2) is 36.7 Å². The third kappa shape index (κ3) is 16.0. The van der Waals surface area contributed by atoms with Crippen LogP contribution in [0.25, 0.3) is 0 Å². The molecule has 2 aliphatic carbocycles. The minimum Gasteiger partial charge on any atom is -0.478 e. The minimum absolute atomic E-state index is 0.0932. The molecule has 342 valence electrons. The number of amides is 6. The number of carboxylic acid groups (broad SMARTS) is 1. The zero-order chi connectivity index (χ0) is 46.0. The standard InChI is InChI=1S/C38H60N6O9.C6H5NO2/c1-6-53-29(47)20-14-13-19-27(40-23(2)45)34(49)43-32(38(3,4)5)37(52)44-22-26(46)21-28(44)35(50)42-31(25-17-11-8-12-18-25)36(51)41-30(33(39)48)24-15-9-7-10-16-24;8-6(9)5-2-1-3-7-4-5/h14,20,24-25,27-28,30-32H,6-13,15-19,21-22H2,1-5H3,(H2,39,48)(H,40,45)(H,41,51)(H,42,50)(H,43,49);1-4H,(H,8,9)/b20-14+;/t27-,28-,30-,31-,32+;/m0./s1. The highest BCUT2D eigenvalue weighted by atomic mass is 16.5. The number of hydrogen-bond donors (Lipinski definition) is 6. The molecule has 2 saturated carbocycles. The number of esters is 1. The number of allylic oxidation sites excluding steroid dienone is 1. The Bertz CT molecular complexity index is 1770. The van der Waals surface area contributed by atoms with Crippen molar-refractivity contribution in [2.24, 2.45) is 23.0 Å². The van der Waals surface area contributed by atoms with Gasteiger partial charge in [-0.25, -0.2) is 9.59 Å². The number of ketones is 1. The maximum absolute atomic E-state index is 14.2. The molecule has 1 saturated heterocycles. The van der Waals surface area contributed by atoms with Gasteiger partial charge in [-0.2, -0.15) is 0 Å². The van der Waals surface area contributed by atoms with E-state index in [9.17, 15) is 43.2 Å². The highest BCUT2D eigenvalue weighted by molar-refractivity contribution is 6.02. The van der Waals surface area contributed by atoms with Crippen LogP contribution in [0.3, 0.4) is 0 Å². The molecule has 5 atom stereocenters.